The molecule has 1 saturated heterocycles. The van der Waals surface area contributed by atoms with Crippen LogP contribution in [0.3, 0.4) is 0 Å². The first-order valence-electron chi connectivity index (χ1n) is 7.82. The summed E-state index contributed by atoms with van der Waals surface area (Å²) in [5.41, 5.74) is 0. The maximum Gasteiger partial charge on any atom is 0.148 e. The number of hydrogen-bond donors (Lipinski definition) is 3. The Morgan fingerprint density at radius 2 is 2.09 bits per heavy atom. The lowest BCUT2D eigenvalue weighted by Gasteiger charge is -2.24. The van der Waals surface area contributed by atoms with Crippen LogP contribution in [0.15, 0.2) is 30.7 Å². The van der Waals surface area contributed by atoms with E-state index < -0.39 is 0 Å². The third-order valence-electron chi connectivity index (χ3n) is 3.84. The molecule has 1 fully saturated rings. The third-order valence-corrected chi connectivity index (χ3v) is 3.84. The van der Waals surface area contributed by atoms with Gasteiger partial charge in [0.05, 0.1) is 12.6 Å². The van der Waals surface area contributed by atoms with Gasteiger partial charge in [-0.2, -0.15) is 5.10 Å². The summed E-state index contributed by atoms with van der Waals surface area (Å²) < 4.78 is 0. The van der Waals surface area contributed by atoms with Gasteiger partial charge in [0.15, 0.2) is 0 Å². The Bertz CT molecular complexity index is 610. The van der Waals surface area contributed by atoms with Gasteiger partial charge in [0.25, 0.3) is 0 Å². The maximum absolute atomic E-state index is 9.43. The lowest BCUT2D eigenvalue weighted by Crippen LogP contribution is -2.32. The molecule has 2 aromatic heterocycles. The van der Waals surface area contributed by atoms with Gasteiger partial charge in [0, 0.05) is 31.9 Å². The highest BCUT2D eigenvalue weighted by atomic mass is 16.3. The van der Waals surface area contributed by atoms with Gasteiger partial charge in [0.1, 0.15) is 23.8 Å². The largest absolute Gasteiger partial charge is 0.394 e. The van der Waals surface area contributed by atoms with Crippen molar-refractivity contribution in [3.63, 3.8) is 0 Å². The quantitative estimate of drug-likeness (QED) is 0.644. The van der Waals surface area contributed by atoms with E-state index in [0.29, 0.717) is 13.1 Å². The molecular weight excluding hydrogens is 294 g/mol. The van der Waals surface area contributed by atoms with Crippen molar-refractivity contribution in [2.45, 2.75) is 18.9 Å². The molecule has 0 bridgehead atoms. The number of aliphatic hydroxyl groups excluding tert-OH is 1. The van der Waals surface area contributed by atoms with E-state index in [4.69, 9.17) is 0 Å². The molecule has 0 aromatic carbocycles. The highest BCUT2D eigenvalue weighted by Gasteiger charge is 2.24. The second-order valence-electron chi connectivity index (χ2n) is 5.40. The molecule has 0 spiro atoms. The van der Waals surface area contributed by atoms with Crippen LogP contribution in [-0.2, 0) is 0 Å². The average Bonchev–Trinajstić information content (AvgIpc) is 3.09. The number of anilines is 3. The molecule has 3 rings (SSSR count). The normalized spacial score (nSPS) is 17.3. The molecule has 8 nitrogen and oxygen atoms in total. The van der Waals surface area contributed by atoms with Crippen molar-refractivity contribution >= 4 is 17.5 Å². The Morgan fingerprint density at radius 1 is 1.22 bits per heavy atom. The van der Waals surface area contributed by atoms with Crippen molar-refractivity contribution in [2.24, 2.45) is 0 Å². The molecule has 1 aliphatic heterocycles. The number of nitrogens with zero attached hydrogens (tertiary/aromatic N) is 5. The number of rotatable bonds is 7. The summed E-state index contributed by atoms with van der Waals surface area (Å²) in [6.45, 7) is 2.50. The minimum absolute atomic E-state index is 0.162. The van der Waals surface area contributed by atoms with Crippen LogP contribution in [0.4, 0.5) is 17.5 Å². The van der Waals surface area contributed by atoms with Crippen molar-refractivity contribution in [2.75, 3.05) is 41.8 Å². The minimum atomic E-state index is 0.162. The van der Waals surface area contributed by atoms with E-state index in [1.54, 1.807) is 12.5 Å². The molecule has 0 aliphatic carbocycles. The molecule has 0 radical (unpaired) electrons. The number of aliphatic hydroxyl groups is 1. The molecule has 8 heteroatoms. The zero-order chi connectivity index (χ0) is 15.9. The van der Waals surface area contributed by atoms with Crippen LogP contribution in [0.2, 0.25) is 0 Å². The number of aromatic nitrogens is 4. The zero-order valence-corrected chi connectivity index (χ0v) is 12.9. The summed E-state index contributed by atoms with van der Waals surface area (Å²) in [4.78, 5) is 10.7. The number of nitrogens with one attached hydrogen (secondary N) is 2. The van der Waals surface area contributed by atoms with E-state index >= 15 is 0 Å². The standard InChI is InChI=1S/C15H21N7O/c23-10-12-3-2-8-22(12)15-9-14(18-11-19-15)17-7-6-16-13-4-1-5-20-21-13/h1,4-5,9,11-12,23H,2-3,6-8,10H2,(H,16,21)(H,17,18,19)/t12-/m0/s1. The Kier molecular flexibility index (Phi) is 5.15. The minimum Gasteiger partial charge on any atom is -0.394 e. The Hall–Kier alpha value is -2.48. The monoisotopic (exact) mass is 315 g/mol. The molecule has 0 saturated carbocycles. The van der Waals surface area contributed by atoms with Crippen molar-refractivity contribution < 1.29 is 5.11 Å². The van der Waals surface area contributed by atoms with Gasteiger partial charge >= 0.3 is 0 Å². The van der Waals surface area contributed by atoms with Crippen molar-refractivity contribution in [1.82, 2.24) is 20.2 Å². The van der Waals surface area contributed by atoms with Crippen LogP contribution in [0.25, 0.3) is 0 Å². The zero-order valence-electron chi connectivity index (χ0n) is 12.9. The summed E-state index contributed by atoms with van der Waals surface area (Å²) in [6, 6.07) is 5.80. The maximum atomic E-state index is 9.43. The van der Waals surface area contributed by atoms with Crippen molar-refractivity contribution in [3.05, 3.63) is 30.7 Å². The summed E-state index contributed by atoms with van der Waals surface area (Å²) in [7, 11) is 0. The second kappa shape index (κ2) is 7.68. The van der Waals surface area contributed by atoms with Crippen LogP contribution >= 0.6 is 0 Å². The summed E-state index contributed by atoms with van der Waals surface area (Å²) >= 11 is 0. The Labute approximate surface area is 135 Å². The first-order chi connectivity index (χ1) is 11.4. The molecule has 1 aliphatic rings. The summed E-state index contributed by atoms with van der Waals surface area (Å²) in [6.07, 6.45) is 5.29. The van der Waals surface area contributed by atoms with Crippen LogP contribution in [-0.4, -0.2) is 57.6 Å². The molecule has 3 N–H and O–H groups in total. The fourth-order valence-corrected chi connectivity index (χ4v) is 2.70. The van der Waals surface area contributed by atoms with Crippen LogP contribution in [0, 0.1) is 0 Å². The number of hydrogen-bond acceptors (Lipinski definition) is 8. The van der Waals surface area contributed by atoms with Crippen molar-refractivity contribution in [3.8, 4) is 0 Å². The van der Waals surface area contributed by atoms with Gasteiger partial charge in [-0.05, 0) is 25.0 Å². The van der Waals surface area contributed by atoms with Gasteiger partial charge in [0.2, 0.25) is 0 Å². The molecule has 23 heavy (non-hydrogen) atoms. The SMILES string of the molecule is OC[C@@H]1CCCN1c1cc(NCCNc2cccnn2)ncn1. The lowest BCUT2D eigenvalue weighted by atomic mass is 10.2. The molecule has 0 amide bonds. The topological polar surface area (TPSA) is 99.1 Å². The predicted molar refractivity (Wildman–Crippen MR) is 88.5 cm³/mol. The summed E-state index contributed by atoms with van der Waals surface area (Å²) in [5, 5.41) is 23.6. The van der Waals surface area contributed by atoms with Gasteiger partial charge in [-0.15, -0.1) is 5.10 Å². The van der Waals surface area contributed by atoms with E-state index in [0.717, 1.165) is 36.8 Å². The van der Waals surface area contributed by atoms with Gasteiger partial charge in [-0.3, -0.25) is 0 Å². The van der Waals surface area contributed by atoms with Crippen LogP contribution < -0.4 is 15.5 Å². The molecule has 2 aromatic rings. The van der Waals surface area contributed by atoms with E-state index in [1.807, 2.05) is 18.2 Å². The predicted octanol–water partition coefficient (Wildman–Crippen LogP) is 0.752. The summed E-state index contributed by atoms with van der Waals surface area (Å²) in [5.74, 6) is 2.39. The molecule has 3 heterocycles. The molecule has 0 unspecified atom stereocenters. The van der Waals surface area contributed by atoms with E-state index in [2.05, 4.69) is 35.7 Å². The van der Waals surface area contributed by atoms with E-state index in [-0.39, 0.29) is 12.6 Å². The smallest absolute Gasteiger partial charge is 0.148 e. The van der Waals surface area contributed by atoms with Crippen LogP contribution in [0.1, 0.15) is 12.8 Å². The molecule has 122 valence electrons. The fourth-order valence-electron chi connectivity index (χ4n) is 2.70. The highest BCUT2D eigenvalue weighted by molar-refractivity contribution is 5.50. The first kappa shape index (κ1) is 15.4. The molecule has 1 atom stereocenters. The van der Waals surface area contributed by atoms with Gasteiger partial charge < -0.3 is 20.6 Å². The third kappa shape index (κ3) is 4.04. The Balaban J connectivity index is 1.51. The first-order valence-corrected chi connectivity index (χ1v) is 7.82. The highest BCUT2D eigenvalue weighted by Crippen LogP contribution is 2.24. The van der Waals surface area contributed by atoms with Gasteiger partial charge in [-0.1, -0.05) is 0 Å². The van der Waals surface area contributed by atoms with E-state index in [1.165, 1.54) is 0 Å². The fraction of sp³-hybridized carbons (Fsp3) is 0.467. The lowest BCUT2D eigenvalue weighted by molar-refractivity contribution is 0.266. The van der Waals surface area contributed by atoms with E-state index in [9.17, 15) is 5.11 Å². The van der Waals surface area contributed by atoms with Crippen LogP contribution in [0.5, 0.6) is 0 Å². The second-order valence-corrected chi connectivity index (χ2v) is 5.40. The Morgan fingerprint density at radius 3 is 2.87 bits per heavy atom. The van der Waals surface area contributed by atoms with Gasteiger partial charge in [-0.25, -0.2) is 9.97 Å². The average molecular weight is 315 g/mol. The van der Waals surface area contributed by atoms with Crippen molar-refractivity contribution in [1.29, 1.82) is 0 Å². The molecular formula is C15H21N7O.